The van der Waals surface area contributed by atoms with E-state index < -0.39 is 28.6 Å². The summed E-state index contributed by atoms with van der Waals surface area (Å²) in [6, 6.07) is 6.60. The Balaban J connectivity index is 1.73. The van der Waals surface area contributed by atoms with E-state index >= 15 is 8.78 Å². The zero-order valence-electron chi connectivity index (χ0n) is 15.1. The highest BCUT2D eigenvalue weighted by atomic mass is 79.9. The molecule has 0 unspecified atom stereocenters. The number of halogens is 3. The number of rotatable bonds is 3. The van der Waals surface area contributed by atoms with Crippen molar-refractivity contribution < 1.29 is 18.7 Å². The zero-order chi connectivity index (χ0) is 20.4. The number of pyridine rings is 1. The first-order valence-electron chi connectivity index (χ1n) is 9.17. The molecule has 1 aliphatic carbocycles. The summed E-state index contributed by atoms with van der Waals surface area (Å²) in [5, 5.41) is 9.09. The number of anilines is 1. The highest BCUT2D eigenvalue weighted by molar-refractivity contribution is 9.10. The highest BCUT2D eigenvalue weighted by Crippen LogP contribution is 2.41. The molecule has 2 heterocycles. The normalized spacial score (nSPS) is 15.8. The molecule has 3 aromatic rings. The van der Waals surface area contributed by atoms with Gasteiger partial charge in [-0.25, -0.2) is 13.6 Å². The van der Waals surface area contributed by atoms with E-state index in [0.717, 1.165) is 34.5 Å². The molecular weight excluding hydrogens is 446 g/mol. The predicted molar refractivity (Wildman–Crippen MR) is 107 cm³/mol. The SMILES string of the molecule is O=C(O)c1cn(C2CC2)c2c(F)c(N3Cc4ccc(Br)cc4C3)c(F)cc2c1=O. The molecule has 8 heteroatoms. The Bertz CT molecular complexity index is 1270. The minimum absolute atomic E-state index is 0.0314. The van der Waals surface area contributed by atoms with Crippen LogP contribution in [0.2, 0.25) is 0 Å². The van der Waals surface area contributed by atoms with Crippen LogP contribution in [0, 0.1) is 11.6 Å². The summed E-state index contributed by atoms with van der Waals surface area (Å²) in [6.45, 7) is 0.692. The third-order valence-electron chi connectivity index (χ3n) is 5.56. The van der Waals surface area contributed by atoms with Gasteiger partial charge in [0.2, 0.25) is 5.43 Å². The van der Waals surface area contributed by atoms with Gasteiger partial charge in [-0.1, -0.05) is 22.0 Å². The lowest BCUT2D eigenvalue weighted by atomic mass is 10.1. The van der Waals surface area contributed by atoms with Crippen molar-refractivity contribution in [3.63, 3.8) is 0 Å². The molecule has 2 aliphatic rings. The molecule has 5 nitrogen and oxygen atoms in total. The third-order valence-corrected chi connectivity index (χ3v) is 6.05. The van der Waals surface area contributed by atoms with Gasteiger partial charge in [0.1, 0.15) is 17.1 Å². The van der Waals surface area contributed by atoms with Gasteiger partial charge in [-0.05, 0) is 42.2 Å². The molecule has 2 aromatic carbocycles. The second kappa shape index (κ2) is 6.38. The molecule has 0 spiro atoms. The van der Waals surface area contributed by atoms with Crippen molar-refractivity contribution in [2.75, 3.05) is 4.90 Å². The van der Waals surface area contributed by atoms with Gasteiger partial charge in [0.05, 0.1) is 10.9 Å². The Morgan fingerprint density at radius 1 is 1.14 bits per heavy atom. The molecule has 1 aromatic heterocycles. The fourth-order valence-electron chi connectivity index (χ4n) is 4.04. The number of hydrogen-bond acceptors (Lipinski definition) is 3. The summed E-state index contributed by atoms with van der Waals surface area (Å²) < 4.78 is 33.0. The minimum atomic E-state index is -1.41. The number of carbonyl (C=O) groups is 1. The van der Waals surface area contributed by atoms with Crippen LogP contribution >= 0.6 is 15.9 Å². The van der Waals surface area contributed by atoms with Crippen molar-refractivity contribution in [2.24, 2.45) is 0 Å². The van der Waals surface area contributed by atoms with E-state index in [2.05, 4.69) is 15.9 Å². The minimum Gasteiger partial charge on any atom is -0.477 e. The van der Waals surface area contributed by atoms with Gasteiger partial charge in [0, 0.05) is 29.8 Å². The number of aromatic nitrogens is 1. The molecule has 29 heavy (non-hydrogen) atoms. The van der Waals surface area contributed by atoms with Crippen LogP contribution in [0.3, 0.4) is 0 Å². The number of aromatic carboxylic acids is 1. The fourth-order valence-corrected chi connectivity index (χ4v) is 4.44. The van der Waals surface area contributed by atoms with E-state index in [1.165, 1.54) is 10.8 Å². The van der Waals surface area contributed by atoms with Gasteiger partial charge in [-0.2, -0.15) is 0 Å². The summed E-state index contributed by atoms with van der Waals surface area (Å²) in [7, 11) is 0. The highest BCUT2D eigenvalue weighted by Gasteiger charge is 2.32. The van der Waals surface area contributed by atoms with E-state index in [9.17, 15) is 14.7 Å². The van der Waals surface area contributed by atoms with Crippen molar-refractivity contribution in [3.8, 4) is 0 Å². The van der Waals surface area contributed by atoms with Crippen molar-refractivity contribution in [3.05, 3.63) is 73.5 Å². The van der Waals surface area contributed by atoms with E-state index in [0.29, 0.717) is 13.1 Å². The van der Waals surface area contributed by atoms with Gasteiger partial charge in [0.25, 0.3) is 0 Å². The maximum absolute atomic E-state index is 15.6. The van der Waals surface area contributed by atoms with Crippen molar-refractivity contribution >= 4 is 38.5 Å². The van der Waals surface area contributed by atoms with E-state index in [4.69, 9.17) is 0 Å². The van der Waals surface area contributed by atoms with Crippen LogP contribution in [-0.4, -0.2) is 15.6 Å². The van der Waals surface area contributed by atoms with E-state index in [-0.39, 0.29) is 22.6 Å². The summed E-state index contributed by atoms with van der Waals surface area (Å²) in [5.74, 6) is -3.10. The largest absolute Gasteiger partial charge is 0.477 e. The summed E-state index contributed by atoms with van der Waals surface area (Å²) >= 11 is 3.41. The summed E-state index contributed by atoms with van der Waals surface area (Å²) in [5.41, 5.74) is 0.376. The first-order valence-corrected chi connectivity index (χ1v) is 9.97. The molecule has 0 bridgehead atoms. The Morgan fingerprint density at radius 3 is 2.55 bits per heavy atom. The number of benzene rings is 2. The molecular formula is C21H15BrF2N2O3. The fraction of sp³-hybridized carbons (Fsp3) is 0.238. The number of nitrogens with zero attached hydrogens (tertiary/aromatic N) is 2. The van der Waals surface area contributed by atoms with Crippen molar-refractivity contribution in [2.45, 2.75) is 32.0 Å². The molecule has 0 radical (unpaired) electrons. The molecule has 148 valence electrons. The smallest absolute Gasteiger partial charge is 0.341 e. The maximum atomic E-state index is 15.6. The number of carboxylic acid groups (broad SMARTS) is 1. The van der Waals surface area contributed by atoms with Gasteiger partial charge >= 0.3 is 5.97 Å². The van der Waals surface area contributed by atoms with Gasteiger partial charge in [-0.15, -0.1) is 0 Å². The molecule has 0 saturated heterocycles. The summed E-state index contributed by atoms with van der Waals surface area (Å²) in [6.07, 6.45) is 2.70. The average molecular weight is 461 g/mol. The van der Waals surface area contributed by atoms with Crippen LogP contribution in [0.25, 0.3) is 10.9 Å². The van der Waals surface area contributed by atoms with Crippen molar-refractivity contribution in [1.29, 1.82) is 0 Å². The van der Waals surface area contributed by atoms with E-state index in [1.807, 2.05) is 18.2 Å². The molecule has 1 fully saturated rings. The first kappa shape index (κ1) is 18.3. The van der Waals surface area contributed by atoms with Gasteiger partial charge < -0.3 is 14.6 Å². The first-order chi connectivity index (χ1) is 13.8. The predicted octanol–water partition coefficient (Wildman–Crippen LogP) is 4.60. The van der Waals surface area contributed by atoms with Gasteiger partial charge in [-0.3, -0.25) is 4.79 Å². The molecule has 1 aliphatic heterocycles. The molecule has 5 rings (SSSR count). The van der Waals surface area contributed by atoms with Crippen LogP contribution < -0.4 is 10.3 Å². The topological polar surface area (TPSA) is 62.5 Å². The zero-order valence-corrected chi connectivity index (χ0v) is 16.7. The summed E-state index contributed by atoms with van der Waals surface area (Å²) in [4.78, 5) is 25.6. The Labute approximate surface area is 172 Å². The molecule has 0 atom stereocenters. The quantitative estimate of drug-likeness (QED) is 0.620. The van der Waals surface area contributed by atoms with Gasteiger partial charge in [0.15, 0.2) is 5.82 Å². The van der Waals surface area contributed by atoms with Crippen LogP contribution in [0.5, 0.6) is 0 Å². The van der Waals surface area contributed by atoms with Crippen LogP contribution in [0.1, 0.15) is 40.4 Å². The van der Waals surface area contributed by atoms with Crippen molar-refractivity contribution in [1.82, 2.24) is 4.57 Å². The molecule has 1 saturated carbocycles. The van der Waals surface area contributed by atoms with Crippen LogP contribution in [0.15, 0.2) is 39.7 Å². The lowest BCUT2D eigenvalue weighted by molar-refractivity contribution is 0.0695. The maximum Gasteiger partial charge on any atom is 0.341 e. The van der Waals surface area contributed by atoms with Crippen LogP contribution in [0.4, 0.5) is 14.5 Å². The van der Waals surface area contributed by atoms with Crippen LogP contribution in [-0.2, 0) is 13.1 Å². The third kappa shape index (κ3) is 2.85. The Kier molecular flexibility index (Phi) is 4.03. The lowest BCUT2D eigenvalue weighted by Gasteiger charge is -2.22. The standard InChI is InChI=1S/C21H15BrF2N2O3/c22-12-2-1-10-7-25(8-11(10)5-12)19-16(23)6-14-18(17(19)24)26(13-3-4-13)9-15(20(14)27)21(28)29/h1-2,5-6,9,13H,3-4,7-8H2,(H,28,29). The average Bonchev–Trinajstić information content (AvgIpc) is 3.42. The van der Waals surface area contributed by atoms with E-state index in [1.54, 1.807) is 4.90 Å². The number of carboxylic acids is 1. The number of fused-ring (bicyclic) bond motifs is 2. The second-order valence-corrected chi connectivity index (χ2v) is 8.42. The Hall–Kier alpha value is -2.74. The number of hydrogen-bond donors (Lipinski definition) is 1. The molecule has 1 N–H and O–H groups in total. The monoisotopic (exact) mass is 460 g/mol. The second-order valence-electron chi connectivity index (χ2n) is 7.50. The lowest BCUT2D eigenvalue weighted by Crippen LogP contribution is -2.22. The Morgan fingerprint density at radius 2 is 1.86 bits per heavy atom. The molecule has 0 amide bonds.